The number of pyridine rings is 1. The number of aromatic nitrogens is 1. The summed E-state index contributed by atoms with van der Waals surface area (Å²) in [4.78, 5) is 8.55. The van der Waals surface area contributed by atoms with Crippen LogP contribution in [0.3, 0.4) is 0 Å². The summed E-state index contributed by atoms with van der Waals surface area (Å²) in [6.45, 7) is 7.77. The fraction of sp³-hybridized carbons (Fsp3) is 0.263. The second-order valence-electron chi connectivity index (χ2n) is 4.79. The monoisotopic (exact) mass is 382 g/mol. The fourth-order valence-corrected chi connectivity index (χ4v) is 2.80. The Morgan fingerprint density at radius 2 is 1.54 bits per heavy atom. The van der Waals surface area contributed by atoms with Crippen LogP contribution >= 0.6 is 34.8 Å². The molecule has 0 bridgehead atoms. The van der Waals surface area contributed by atoms with Crippen LogP contribution in [0, 0.1) is 0 Å². The van der Waals surface area contributed by atoms with Gasteiger partial charge in [0.1, 0.15) is 5.17 Å². The van der Waals surface area contributed by atoms with Crippen LogP contribution in [0.2, 0.25) is 5.02 Å². The summed E-state index contributed by atoms with van der Waals surface area (Å²) < 4.78 is 0. The molecule has 1 unspecified atom stereocenters. The molecule has 0 saturated carbocycles. The van der Waals surface area contributed by atoms with Crippen molar-refractivity contribution in [3.63, 3.8) is 0 Å². The molecule has 24 heavy (non-hydrogen) atoms. The molecule has 0 radical (unpaired) electrons. The quantitative estimate of drug-likeness (QED) is 0.515. The van der Waals surface area contributed by atoms with Crippen LogP contribution in [0.5, 0.6) is 0 Å². The van der Waals surface area contributed by atoms with Crippen molar-refractivity contribution in [2.45, 2.75) is 33.7 Å². The lowest BCUT2D eigenvalue weighted by molar-refractivity contribution is 0.821. The highest BCUT2D eigenvalue weighted by atomic mass is 35.5. The molecule has 0 spiro atoms. The topological polar surface area (TPSA) is 25.2 Å². The molecule has 0 aliphatic rings. The third-order valence-corrected chi connectivity index (χ3v) is 3.91. The Balaban J connectivity index is 0.00000139. The Kier molecular flexibility index (Phi) is 9.05. The van der Waals surface area contributed by atoms with Gasteiger partial charge < -0.3 is 0 Å². The van der Waals surface area contributed by atoms with E-state index in [0.717, 1.165) is 11.1 Å². The van der Waals surface area contributed by atoms with E-state index in [1.54, 1.807) is 31.5 Å². The first-order chi connectivity index (χ1) is 11.5. The molecule has 0 N–H and O–H groups in total. The van der Waals surface area contributed by atoms with Gasteiger partial charge in [-0.25, -0.2) is 0 Å². The van der Waals surface area contributed by atoms with Gasteiger partial charge in [-0.15, -0.1) is 0 Å². The number of rotatable bonds is 4. The van der Waals surface area contributed by atoms with Crippen LogP contribution in [-0.4, -0.2) is 10.2 Å². The van der Waals surface area contributed by atoms with Crippen molar-refractivity contribution < 1.29 is 0 Å². The SMILES string of the molecule is C/C(Cl)=C(\C(Cl)=NC(C)c1ccncc1)c1ccc(Cl)cc1.CC. The highest BCUT2D eigenvalue weighted by Gasteiger charge is 2.13. The summed E-state index contributed by atoms with van der Waals surface area (Å²) in [5.41, 5.74) is 2.63. The van der Waals surface area contributed by atoms with Gasteiger partial charge in [0, 0.05) is 28.0 Å². The first-order valence-electron chi connectivity index (χ1n) is 7.75. The highest BCUT2D eigenvalue weighted by Crippen LogP contribution is 2.28. The van der Waals surface area contributed by atoms with Crippen molar-refractivity contribution in [1.29, 1.82) is 0 Å². The number of nitrogens with zero attached hydrogens (tertiary/aromatic N) is 2. The van der Waals surface area contributed by atoms with Gasteiger partial charge in [-0.1, -0.05) is 60.8 Å². The van der Waals surface area contributed by atoms with E-state index >= 15 is 0 Å². The molecule has 0 saturated heterocycles. The molecule has 0 aliphatic carbocycles. The first kappa shape index (κ1) is 20.7. The summed E-state index contributed by atoms with van der Waals surface area (Å²) in [6, 6.07) is 11.1. The maximum Gasteiger partial charge on any atom is 0.133 e. The molecule has 5 heteroatoms. The Bertz CT molecular complexity index is 688. The summed E-state index contributed by atoms with van der Waals surface area (Å²) in [6.07, 6.45) is 3.47. The van der Waals surface area contributed by atoms with E-state index in [0.29, 0.717) is 20.8 Å². The average Bonchev–Trinajstić information content (AvgIpc) is 2.59. The van der Waals surface area contributed by atoms with Crippen molar-refractivity contribution >= 4 is 45.5 Å². The van der Waals surface area contributed by atoms with E-state index in [1.165, 1.54) is 0 Å². The molecular weight excluding hydrogens is 363 g/mol. The van der Waals surface area contributed by atoms with Gasteiger partial charge in [-0.05, 0) is 49.2 Å². The van der Waals surface area contributed by atoms with E-state index in [1.807, 2.05) is 45.0 Å². The van der Waals surface area contributed by atoms with E-state index in [4.69, 9.17) is 34.8 Å². The van der Waals surface area contributed by atoms with Gasteiger partial charge in [0.05, 0.1) is 6.04 Å². The predicted molar refractivity (Wildman–Crippen MR) is 107 cm³/mol. The number of hydrogen-bond donors (Lipinski definition) is 0. The standard InChI is InChI=1S/C17H15Cl3N2.C2H6/c1-11(18)16(14-3-5-15(19)6-4-14)17(20)22-12(2)13-7-9-21-10-8-13;1-2/h3-10,12H,1-2H3;1-2H3/b16-11+,22-17?;. The van der Waals surface area contributed by atoms with Gasteiger partial charge in [0.15, 0.2) is 0 Å². The summed E-state index contributed by atoms with van der Waals surface area (Å²) in [5, 5.41) is 1.62. The number of hydrogen-bond acceptors (Lipinski definition) is 2. The molecule has 1 aromatic heterocycles. The van der Waals surface area contributed by atoms with Crippen LogP contribution in [0.4, 0.5) is 0 Å². The Labute approximate surface area is 159 Å². The summed E-state index contributed by atoms with van der Waals surface area (Å²) in [7, 11) is 0. The molecule has 1 aromatic carbocycles. The van der Waals surface area contributed by atoms with Gasteiger partial charge in [-0.2, -0.15) is 0 Å². The molecule has 2 aromatic rings. The van der Waals surface area contributed by atoms with E-state index in [9.17, 15) is 0 Å². The van der Waals surface area contributed by atoms with Crippen LogP contribution in [0.25, 0.3) is 5.57 Å². The Morgan fingerprint density at radius 1 is 1.00 bits per heavy atom. The van der Waals surface area contributed by atoms with E-state index in [-0.39, 0.29) is 6.04 Å². The lowest BCUT2D eigenvalue weighted by Crippen LogP contribution is -2.00. The number of halogens is 3. The zero-order valence-corrected chi connectivity index (χ0v) is 16.5. The molecule has 0 aliphatic heterocycles. The maximum atomic E-state index is 6.42. The van der Waals surface area contributed by atoms with Crippen LogP contribution in [0.1, 0.15) is 44.9 Å². The Hall–Kier alpha value is -1.35. The number of benzene rings is 1. The van der Waals surface area contributed by atoms with Crippen molar-refractivity contribution in [2.24, 2.45) is 4.99 Å². The van der Waals surface area contributed by atoms with Gasteiger partial charge in [-0.3, -0.25) is 9.98 Å². The number of allylic oxidation sites excluding steroid dienone is 2. The minimum Gasteiger partial charge on any atom is -0.265 e. The van der Waals surface area contributed by atoms with Crippen molar-refractivity contribution in [3.8, 4) is 0 Å². The molecule has 128 valence electrons. The molecule has 0 amide bonds. The lowest BCUT2D eigenvalue weighted by Gasteiger charge is -2.11. The normalized spacial score (nSPS) is 13.5. The highest BCUT2D eigenvalue weighted by molar-refractivity contribution is 6.77. The van der Waals surface area contributed by atoms with Crippen LogP contribution in [-0.2, 0) is 0 Å². The van der Waals surface area contributed by atoms with E-state index < -0.39 is 0 Å². The van der Waals surface area contributed by atoms with Crippen molar-refractivity contribution in [1.82, 2.24) is 4.98 Å². The molecule has 2 nitrogen and oxygen atoms in total. The Morgan fingerprint density at radius 3 is 2.04 bits per heavy atom. The average molecular weight is 384 g/mol. The van der Waals surface area contributed by atoms with Gasteiger partial charge in [0.2, 0.25) is 0 Å². The second-order valence-corrected chi connectivity index (χ2v) is 6.15. The van der Waals surface area contributed by atoms with Crippen LogP contribution < -0.4 is 0 Å². The third-order valence-electron chi connectivity index (χ3n) is 3.18. The minimum absolute atomic E-state index is 0.0891. The predicted octanol–water partition coefficient (Wildman–Crippen LogP) is 7.13. The summed E-state index contributed by atoms with van der Waals surface area (Å²) in [5.74, 6) is 0. The van der Waals surface area contributed by atoms with Crippen LogP contribution in [0.15, 0.2) is 58.8 Å². The van der Waals surface area contributed by atoms with Gasteiger partial charge in [0.25, 0.3) is 0 Å². The minimum atomic E-state index is -0.0891. The summed E-state index contributed by atoms with van der Waals surface area (Å²) >= 11 is 18.6. The molecule has 1 heterocycles. The first-order valence-corrected chi connectivity index (χ1v) is 8.88. The van der Waals surface area contributed by atoms with E-state index in [2.05, 4.69) is 9.98 Å². The van der Waals surface area contributed by atoms with Crippen molar-refractivity contribution in [3.05, 3.63) is 70.0 Å². The molecule has 0 fully saturated rings. The number of aliphatic imine (C=N–C) groups is 1. The third kappa shape index (κ3) is 5.94. The smallest absolute Gasteiger partial charge is 0.133 e. The lowest BCUT2D eigenvalue weighted by atomic mass is 10.1. The maximum absolute atomic E-state index is 6.42. The zero-order chi connectivity index (χ0) is 18.1. The largest absolute Gasteiger partial charge is 0.265 e. The molecule has 1 atom stereocenters. The molecule has 2 rings (SSSR count). The fourth-order valence-electron chi connectivity index (χ4n) is 2.03. The van der Waals surface area contributed by atoms with Crippen molar-refractivity contribution in [2.75, 3.05) is 0 Å². The second kappa shape index (κ2) is 10.5. The molecular formula is C19H21Cl3N2. The van der Waals surface area contributed by atoms with Gasteiger partial charge >= 0.3 is 0 Å². The zero-order valence-electron chi connectivity index (χ0n) is 14.2.